The van der Waals surface area contributed by atoms with E-state index in [1.54, 1.807) is 0 Å². The van der Waals surface area contributed by atoms with Crippen molar-refractivity contribution in [1.29, 1.82) is 0 Å². The average Bonchev–Trinajstić information content (AvgIpc) is 2.56. The van der Waals surface area contributed by atoms with Gasteiger partial charge >= 0.3 is 14.6 Å². The molecular weight excluding hydrogens is 397 g/mol. The monoisotopic (exact) mass is 441 g/mol. The summed E-state index contributed by atoms with van der Waals surface area (Å²) in [4.78, 5) is 20.9. The lowest BCUT2D eigenvalue weighted by Gasteiger charge is -2.29. The van der Waals surface area contributed by atoms with E-state index in [0.717, 1.165) is 45.3 Å². The van der Waals surface area contributed by atoms with Crippen LogP contribution in [0.2, 0.25) is 0 Å². The minimum absolute atomic E-state index is 0. The summed E-state index contributed by atoms with van der Waals surface area (Å²) in [6.07, 6.45) is 9.60. The molecule has 0 bridgehead atoms. The third-order valence-electron chi connectivity index (χ3n) is 4.17. The van der Waals surface area contributed by atoms with Gasteiger partial charge in [-0.3, -0.25) is 4.79 Å². The molecule has 9 heteroatoms. The van der Waals surface area contributed by atoms with Crippen LogP contribution in [0, 0.1) is 0 Å². The standard InChI is InChI=1S/C20H42NO6P.H2O/c1-5-6-7-8-11-14-25-15-12-9-10-13-16-26-28(24)27-19(17-20(22)23)18-21(2,3)4;/h19,24H,5-18H2,1-4H3;1H2/t19?,28-;/m0./s1. The van der Waals surface area contributed by atoms with E-state index < -0.39 is 20.7 Å². The number of nitrogens with zero attached hydrogens (tertiary/aromatic N) is 1. The molecule has 0 saturated heterocycles. The SMILES string of the molecule is CCCCCCCOCCCCCCO[P@](O)OC(CC(=O)O)C[N+](C)(C)C.[OH-]. The fourth-order valence-electron chi connectivity index (χ4n) is 2.81. The molecule has 0 aliphatic heterocycles. The number of rotatable bonds is 20. The molecule has 2 atom stereocenters. The molecule has 0 amide bonds. The van der Waals surface area contributed by atoms with Crippen LogP contribution in [0.25, 0.3) is 0 Å². The topological polar surface area (TPSA) is 115 Å². The summed E-state index contributed by atoms with van der Waals surface area (Å²) in [6, 6.07) is 0. The van der Waals surface area contributed by atoms with Gasteiger partial charge in [0.2, 0.25) is 0 Å². The van der Waals surface area contributed by atoms with Crippen molar-refractivity contribution < 1.29 is 38.5 Å². The maximum atomic E-state index is 11.0. The number of carboxylic acids is 1. The van der Waals surface area contributed by atoms with Gasteiger partial charge in [-0.25, -0.2) is 0 Å². The number of hydrogen-bond donors (Lipinski definition) is 2. The van der Waals surface area contributed by atoms with Crippen molar-refractivity contribution in [1.82, 2.24) is 0 Å². The Hall–Kier alpha value is -0.340. The molecule has 0 heterocycles. The Morgan fingerprint density at radius 3 is 1.93 bits per heavy atom. The third-order valence-corrected chi connectivity index (χ3v) is 5.05. The maximum Gasteiger partial charge on any atom is 0.330 e. The van der Waals surface area contributed by atoms with E-state index in [4.69, 9.17) is 18.9 Å². The molecule has 0 aromatic heterocycles. The number of likely N-dealkylation sites (N-methyl/N-ethyl adjacent to an activating group) is 1. The number of ether oxygens (including phenoxy) is 1. The number of hydrogen-bond acceptors (Lipinski definition) is 6. The van der Waals surface area contributed by atoms with Crippen LogP contribution in [0.1, 0.15) is 71.1 Å². The zero-order chi connectivity index (χ0) is 21.3. The number of unbranched alkanes of at least 4 members (excludes halogenated alkanes) is 7. The Kier molecular flexibility index (Phi) is 20.9. The lowest BCUT2D eigenvalue weighted by molar-refractivity contribution is -0.873. The third kappa shape index (κ3) is 23.8. The number of carbonyl (C=O) groups is 1. The van der Waals surface area contributed by atoms with Gasteiger partial charge in [0.15, 0.2) is 0 Å². The van der Waals surface area contributed by atoms with Crippen molar-refractivity contribution in [2.75, 3.05) is 47.5 Å². The van der Waals surface area contributed by atoms with Gasteiger partial charge in [-0.2, -0.15) is 0 Å². The molecule has 0 spiro atoms. The Morgan fingerprint density at radius 2 is 1.45 bits per heavy atom. The van der Waals surface area contributed by atoms with E-state index in [9.17, 15) is 9.69 Å². The minimum atomic E-state index is -2.04. The molecule has 0 aliphatic rings. The molecule has 0 rings (SSSR count). The van der Waals surface area contributed by atoms with E-state index in [2.05, 4.69) is 6.92 Å². The molecule has 0 aliphatic carbocycles. The first-order valence-corrected chi connectivity index (χ1v) is 11.8. The van der Waals surface area contributed by atoms with E-state index >= 15 is 0 Å². The van der Waals surface area contributed by atoms with E-state index in [1.165, 1.54) is 25.7 Å². The summed E-state index contributed by atoms with van der Waals surface area (Å²) >= 11 is 0. The summed E-state index contributed by atoms with van der Waals surface area (Å²) in [5, 5.41) is 8.98. The molecule has 0 radical (unpaired) electrons. The Bertz CT molecular complexity index is 380. The minimum Gasteiger partial charge on any atom is -0.870 e. The second-order valence-electron chi connectivity index (χ2n) is 8.31. The van der Waals surface area contributed by atoms with Crippen molar-refractivity contribution >= 4 is 14.6 Å². The van der Waals surface area contributed by atoms with Gasteiger partial charge < -0.3 is 33.7 Å². The molecule has 0 fully saturated rings. The van der Waals surface area contributed by atoms with Crippen LogP contribution < -0.4 is 0 Å². The van der Waals surface area contributed by atoms with Crippen LogP contribution in [0.3, 0.4) is 0 Å². The van der Waals surface area contributed by atoms with Crippen LogP contribution >= 0.6 is 8.60 Å². The zero-order valence-corrected chi connectivity index (χ0v) is 19.7. The van der Waals surface area contributed by atoms with Gasteiger partial charge in [0.05, 0.1) is 34.2 Å². The quantitative estimate of drug-likeness (QED) is 0.166. The second kappa shape index (κ2) is 19.6. The van der Waals surface area contributed by atoms with Crippen LogP contribution in [-0.2, 0) is 18.6 Å². The molecule has 29 heavy (non-hydrogen) atoms. The molecule has 1 unspecified atom stereocenters. The number of carboxylic acid groups (broad SMARTS) is 1. The highest BCUT2D eigenvalue weighted by Crippen LogP contribution is 2.36. The predicted molar refractivity (Wildman–Crippen MR) is 115 cm³/mol. The Morgan fingerprint density at radius 1 is 0.931 bits per heavy atom. The van der Waals surface area contributed by atoms with Crippen molar-refractivity contribution in [3.05, 3.63) is 0 Å². The summed E-state index contributed by atoms with van der Waals surface area (Å²) < 4.78 is 16.9. The fourth-order valence-corrected chi connectivity index (χ4v) is 3.55. The van der Waals surface area contributed by atoms with E-state index in [0.29, 0.717) is 17.6 Å². The Balaban J connectivity index is 0. The smallest absolute Gasteiger partial charge is 0.330 e. The highest BCUT2D eigenvalue weighted by molar-refractivity contribution is 7.40. The second-order valence-corrected chi connectivity index (χ2v) is 9.25. The van der Waals surface area contributed by atoms with Crippen LogP contribution in [0.15, 0.2) is 0 Å². The largest absolute Gasteiger partial charge is 0.870 e. The first-order valence-electron chi connectivity index (χ1n) is 10.6. The van der Waals surface area contributed by atoms with Gasteiger partial charge in [-0.1, -0.05) is 45.4 Å². The van der Waals surface area contributed by atoms with Crippen molar-refractivity contribution in [3.8, 4) is 0 Å². The number of quaternary nitrogens is 1. The molecule has 0 saturated carbocycles. The number of aliphatic carboxylic acids is 1. The van der Waals surface area contributed by atoms with Crippen molar-refractivity contribution in [2.24, 2.45) is 0 Å². The molecule has 0 aromatic rings. The van der Waals surface area contributed by atoms with E-state index in [-0.39, 0.29) is 11.9 Å². The maximum absolute atomic E-state index is 11.0. The zero-order valence-electron chi connectivity index (χ0n) is 18.8. The van der Waals surface area contributed by atoms with Crippen molar-refractivity contribution in [2.45, 2.75) is 77.2 Å². The Labute approximate surface area is 178 Å². The van der Waals surface area contributed by atoms with Gasteiger partial charge in [-0.15, -0.1) is 0 Å². The predicted octanol–water partition coefficient (Wildman–Crippen LogP) is 4.16. The van der Waals surface area contributed by atoms with E-state index in [1.807, 2.05) is 21.1 Å². The highest BCUT2D eigenvalue weighted by Gasteiger charge is 2.25. The molecule has 8 nitrogen and oxygen atoms in total. The summed E-state index contributed by atoms with van der Waals surface area (Å²) in [5.41, 5.74) is 0. The molecule has 176 valence electrons. The van der Waals surface area contributed by atoms with Crippen LogP contribution in [0.5, 0.6) is 0 Å². The first kappa shape index (κ1) is 30.9. The lowest BCUT2D eigenvalue weighted by atomic mass is 10.2. The molecule has 0 aromatic carbocycles. The summed E-state index contributed by atoms with van der Waals surface area (Å²) in [5.74, 6) is -0.940. The lowest BCUT2D eigenvalue weighted by Crippen LogP contribution is -2.42. The average molecular weight is 442 g/mol. The summed E-state index contributed by atoms with van der Waals surface area (Å²) in [7, 11) is 3.82. The van der Waals surface area contributed by atoms with Crippen LogP contribution in [-0.4, -0.2) is 79.5 Å². The van der Waals surface area contributed by atoms with Crippen LogP contribution in [0.4, 0.5) is 0 Å². The van der Waals surface area contributed by atoms with Gasteiger partial charge in [0.25, 0.3) is 0 Å². The fraction of sp³-hybridized carbons (Fsp3) is 0.950. The van der Waals surface area contributed by atoms with Gasteiger partial charge in [0, 0.05) is 13.2 Å². The highest BCUT2D eigenvalue weighted by atomic mass is 31.2. The normalized spacial score (nSPS) is 13.7. The summed E-state index contributed by atoms with van der Waals surface area (Å²) in [6.45, 7) is 4.81. The van der Waals surface area contributed by atoms with Crippen molar-refractivity contribution in [3.63, 3.8) is 0 Å². The van der Waals surface area contributed by atoms with Gasteiger partial charge in [0.1, 0.15) is 12.6 Å². The first-order chi connectivity index (χ1) is 13.2. The molecular formula is C20H44NO7P. The molecule has 3 N–H and O–H groups in total. The van der Waals surface area contributed by atoms with Gasteiger partial charge in [-0.05, 0) is 19.3 Å².